The van der Waals surface area contributed by atoms with E-state index in [1.807, 2.05) is 31.3 Å². The van der Waals surface area contributed by atoms with Crippen molar-refractivity contribution in [2.45, 2.75) is 19.2 Å². The first kappa shape index (κ1) is 19.6. The van der Waals surface area contributed by atoms with Gasteiger partial charge in [0.2, 0.25) is 0 Å². The summed E-state index contributed by atoms with van der Waals surface area (Å²) < 4.78 is 45.6. The normalized spacial score (nSPS) is 12.6. The number of methoxy groups -OCH3 is 1. The lowest BCUT2D eigenvalue weighted by atomic mass is 10.00. The van der Waals surface area contributed by atoms with Gasteiger partial charge in [-0.2, -0.15) is 0 Å². The lowest BCUT2D eigenvalue weighted by molar-refractivity contribution is -0.274. The molecule has 3 rings (SSSR count). The number of carbonyl (C=O) groups excluding carboxylic acids is 1. The quantitative estimate of drug-likeness (QED) is 0.644. The summed E-state index contributed by atoms with van der Waals surface area (Å²) in [4.78, 5) is 15.5. The monoisotopic (exact) mass is 392 g/mol. The maximum atomic E-state index is 12.3. The third-order valence-electron chi connectivity index (χ3n) is 4.37. The van der Waals surface area contributed by atoms with Crippen LogP contribution in [0, 0.1) is 0 Å². The Kier molecular flexibility index (Phi) is 5.48. The molecule has 1 heterocycles. The molecule has 0 aliphatic rings. The Hall–Kier alpha value is -3.16. The van der Waals surface area contributed by atoms with Crippen LogP contribution in [-0.4, -0.2) is 30.9 Å². The summed E-state index contributed by atoms with van der Waals surface area (Å²) in [5, 5.41) is 3.81. The van der Waals surface area contributed by atoms with Gasteiger partial charge < -0.3 is 19.8 Å². The number of aromatic amines is 1. The molecular weight excluding hydrogens is 373 g/mol. The molecule has 2 aromatic carbocycles. The van der Waals surface area contributed by atoms with Gasteiger partial charge in [-0.25, -0.2) is 0 Å². The van der Waals surface area contributed by atoms with Gasteiger partial charge in [0, 0.05) is 35.1 Å². The Morgan fingerprint density at radius 3 is 2.46 bits per heavy atom. The van der Waals surface area contributed by atoms with Crippen LogP contribution in [0.1, 0.15) is 28.8 Å². The van der Waals surface area contributed by atoms with E-state index in [-0.39, 0.29) is 23.1 Å². The van der Waals surface area contributed by atoms with Crippen molar-refractivity contribution in [2.24, 2.45) is 0 Å². The van der Waals surface area contributed by atoms with Gasteiger partial charge in [0.05, 0.1) is 7.11 Å². The Morgan fingerprint density at radius 1 is 1.14 bits per heavy atom. The van der Waals surface area contributed by atoms with Gasteiger partial charge >= 0.3 is 6.36 Å². The van der Waals surface area contributed by atoms with Crippen molar-refractivity contribution in [2.75, 3.05) is 13.7 Å². The molecule has 3 aromatic rings. The first-order chi connectivity index (χ1) is 13.3. The largest absolute Gasteiger partial charge is 0.573 e. The number of nitrogens with one attached hydrogen (secondary N) is 2. The summed E-state index contributed by atoms with van der Waals surface area (Å²) in [6.45, 7) is 2.34. The number of rotatable bonds is 6. The van der Waals surface area contributed by atoms with Gasteiger partial charge in [-0.05, 0) is 48.0 Å². The number of H-pyrrole nitrogens is 1. The van der Waals surface area contributed by atoms with Crippen molar-refractivity contribution >= 4 is 16.8 Å². The number of amides is 1. The van der Waals surface area contributed by atoms with Crippen LogP contribution in [0.25, 0.3) is 10.9 Å². The molecule has 1 aromatic heterocycles. The van der Waals surface area contributed by atoms with E-state index in [9.17, 15) is 18.0 Å². The first-order valence-electron chi connectivity index (χ1n) is 8.56. The minimum absolute atomic E-state index is 0.0117. The van der Waals surface area contributed by atoms with Crippen molar-refractivity contribution in [3.8, 4) is 11.5 Å². The lowest BCUT2D eigenvalue weighted by Gasteiger charge is -2.13. The highest BCUT2D eigenvalue weighted by atomic mass is 19.4. The Bertz CT molecular complexity index is 965. The van der Waals surface area contributed by atoms with E-state index in [4.69, 9.17) is 4.74 Å². The van der Waals surface area contributed by atoms with Crippen LogP contribution >= 0.6 is 0 Å². The van der Waals surface area contributed by atoms with Gasteiger partial charge in [-0.1, -0.05) is 6.92 Å². The van der Waals surface area contributed by atoms with E-state index >= 15 is 0 Å². The third-order valence-corrected chi connectivity index (χ3v) is 4.37. The zero-order chi connectivity index (χ0) is 20.3. The summed E-state index contributed by atoms with van der Waals surface area (Å²) in [6, 6.07) is 10.5. The zero-order valence-electron chi connectivity index (χ0n) is 15.3. The molecule has 0 fully saturated rings. The van der Waals surface area contributed by atoms with Crippen LogP contribution in [0.3, 0.4) is 0 Å². The van der Waals surface area contributed by atoms with Crippen LogP contribution in [-0.2, 0) is 0 Å². The summed E-state index contributed by atoms with van der Waals surface area (Å²) in [7, 11) is 1.60. The van der Waals surface area contributed by atoms with E-state index in [0.29, 0.717) is 6.54 Å². The SMILES string of the molecule is COc1ccc2[nH]cc(C(C)CNC(=O)c3ccc(OC(F)(F)F)cc3)c2c1. The fourth-order valence-electron chi connectivity index (χ4n) is 2.92. The number of halogens is 3. The second-order valence-corrected chi connectivity index (χ2v) is 6.34. The smallest absolute Gasteiger partial charge is 0.497 e. The van der Waals surface area contributed by atoms with Crippen LogP contribution in [0.4, 0.5) is 13.2 Å². The van der Waals surface area contributed by atoms with E-state index in [1.165, 1.54) is 12.1 Å². The highest BCUT2D eigenvalue weighted by Gasteiger charge is 2.31. The number of fused-ring (bicyclic) bond motifs is 1. The number of benzene rings is 2. The average molecular weight is 392 g/mol. The summed E-state index contributed by atoms with van der Waals surface area (Å²) in [6.07, 6.45) is -2.87. The Balaban J connectivity index is 1.64. The molecule has 0 aliphatic heterocycles. The molecule has 5 nitrogen and oxygen atoms in total. The maximum absolute atomic E-state index is 12.3. The third kappa shape index (κ3) is 4.57. The average Bonchev–Trinajstić information content (AvgIpc) is 3.08. The van der Waals surface area contributed by atoms with E-state index < -0.39 is 6.36 Å². The predicted molar refractivity (Wildman–Crippen MR) is 98.7 cm³/mol. The molecule has 0 spiro atoms. The second kappa shape index (κ2) is 7.84. The summed E-state index contributed by atoms with van der Waals surface area (Å²) in [5.74, 6) is 0.0105. The first-order valence-corrected chi connectivity index (χ1v) is 8.56. The van der Waals surface area contributed by atoms with Gasteiger partial charge in [0.1, 0.15) is 11.5 Å². The molecule has 0 aliphatic carbocycles. The molecule has 1 atom stereocenters. The predicted octanol–water partition coefficient (Wildman–Crippen LogP) is 4.61. The number of ether oxygens (including phenoxy) is 2. The van der Waals surface area contributed by atoms with Crippen molar-refractivity contribution in [1.29, 1.82) is 0 Å². The fraction of sp³-hybridized carbons (Fsp3) is 0.250. The molecule has 0 saturated carbocycles. The molecule has 28 heavy (non-hydrogen) atoms. The highest BCUT2D eigenvalue weighted by molar-refractivity contribution is 5.94. The molecule has 0 saturated heterocycles. The molecule has 1 unspecified atom stereocenters. The maximum Gasteiger partial charge on any atom is 0.573 e. The van der Waals surface area contributed by atoms with Gasteiger partial charge in [0.15, 0.2) is 0 Å². The number of hydrogen-bond acceptors (Lipinski definition) is 3. The molecular formula is C20H19F3N2O3. The number of aromatic nitrogens is 1. The van der Waals surface area contributed by atoms with E-state index in [2.05, 4.69) is 15.0 Å². The second-order valence-electron chi connectivity index (χ2n) is 6.34. The Morgan fingerprint density at radius 2 is 1.82 bits per heavy atom. The van der Waals surface area contributed by atoms with Gasteiger partial charge in [0.25, 0.3) is 5.91 Å². The van der Waals surface area contributed by atoms with Gasteiger partial charge in [-0.15, -0.1) is 13.2 Å². The highest BCUT2D eigenvalue weighted by Crippen LogP contribution is 2.28. The van der Waals surface area contributed by atoms with Crippen LogP contribution in [0.5, 0.6) is 11.5 Å². The van der Waals surface area contributed by atoms with Crippen molar-refractivity contribution < 1.29 is 27.4 Å². The minimum Gasteiger partial charge on any atom is -0.497 e. The van der Waals surface area contributed by atoms with Crippen molar-refractivity contribution in [3.63, 3.8) is 0 Å². The summed E-state index contributed by atoms with van der Waals surface area (Å²) in [5.41, 5.74) is 2.25. The van der Waals surface area contributed by atoms with E-state index in [1.54, 1.807) is 7.11 Å². The van der Waals surface area contributed by atoms with Crippen LogP contribution < -0.4 is 14.8 Å². The van der Waals surface area contributed by atoms with E-state index in [0.717, 1.165) is 34.3 Å². The summed E-state index contributed by atoms with van der Waals surface area (Å²) >= 11 is 0. The van der Waals surface area contributed by atoms with Gasteiger partial charge in [-0.3, -0.25) is 4.79 Å². The molecule has 0 bridgehead atoms. The van der Waals surface area contributed by atoms with Crippen LogP contribution in [0.15, 0.2) is 48.7 Å². The molecule has 148 valence electrons. The number of alkyl halides is 3. The van der Waals surface area contributed by atoms with Crippen molar-refractivity contribution in [3.05, 3.63) is 59.8 Å². The topological polar surface area (TPSA) is 63.3 Å². The standard InChI is InChI=1S/C20H19F3N2O3/c1-12(17-11-24-18-8-7-15(27-2)9-16(17)18)10-25-19(26)13-3-5-14(6-4-13)28-20(21,22)23/h3-9,11-12,24H,10H2,1-2H3,(H,25,26). The number of carbonyl (C=O) groups is 1. The molecule has 1 amide bonds. The lowest BCUT2D eigenvalue weighted by Crippen LogP contribution is -2.27. The minimum atomic E-state index is -4.76. The Labute approximate surface area is 159 Å². The zero-order valence-corrected chi connectivity index (χ0v) is 15.3. The number of hydrogen-bond donors (Lipinski definition) is 2. The molecule has 0 radical (unpaired) electrons. The molecule has 8 heteroatoms. The van der Waals surface area contributed by atoms with Crippen molar-refractivity contribution in [1.82, 2.24) is 10.3 Å². The fourth-order valence-corrected chi connectivity index (χ4v) is 2.92. The molecule has 2 N–H and O–H groups in total. The van der Waals surface area contributed by atoms with Crippen LogP contribution in [0.2, 0.25) is 0 Å².